The number of benzene rings is 2. The Labute approximate surface area is 145 Å². The normalized spacial score (nSPS) is 10.3. The summed E-state index contributed by atoms with van der Waals surface area (Å²) in [5, 5.41) is 0. The number of hydrogen-bond donors (Lipinski definition) is 1. The average molecular weight is 332 g/mol. The Hall–Kier alpha value is -1.61. The van der Waals surface area contributed by atoms with Crippen molar-refractivity contribution in [1.29, 1.82) is 0 Å². The second kappa shape index (κ2) is 8.88. The molecule has 0 saturated heterocycles. The molecule has 3 heteroatoms. The number of ether oxygens (including phenoxy) is 1. The van der Waals surface area contributed by atoms with Gasteiger partial charge in [-0.25, -0.2) is 0 Å². The van der Waals surface area contributed by atoms with E-state index in [-0.39, 0.29) is 0 Å². The van der Waals surface area contributed by atoms with Crippen LogP contribution in [0.2, 0.25) is 0 Å². The highest BCUT2D eigenvalue weighted by molar-refractivity contribution is 7.99. The van der Waals surface area contributed by atoms with Crippen molar-refractivity contribution in [2.75, 3.05) is 12.8 Å². The lowest BCUT2D eigenvalue weighted by Crippen LogP contribution is -1.95. The predicted molar refractivity (Wildman–Crippen MR) is 103 cm³/mol. The monoisotopic (exact) mass is 331 g/mol. The largest absolute Gasteiger partial charge is 0.496 e. The lowest BCUT2D eigenvalue weighted by atomic mass is 10.0. The van der Waals surface area contributed by atoms with Crippen LogP contribution >= 0.6 is 11.8 Å². The Kier molecular flexibility index (Phi) is 7.50. The summed E-state index contributed by atoms with van der Waals surface area (Å²) in [6.07, 6.45) is 0. The molecule has 0 spiro atoms. The molecule has 2 aromatic rings. The molecule has 0 bridgehead atoms. The molecule has 2 rings (SSSR count). The van der Waals surface area contributed by atoms with Crippen LogP contribution in [0.15, 0.2) is 40.1 Å². The summed E-state index contributed by atoms with van der Waals surface area (Å²) in [4.78, 5) is 2.51. The fraction of sp³-hybridized carbons (Fsp3) is 0.400. The average Bonchev–Trinajstić information content (AvgIpc) is 2.52. The van der Waals surface area contributed by atoms with Crippen LogP contribution in [-0.4, -0.2) is 7.11 Å². The van der Waals surface area contributed by atoms with E-state index in [1.165, 1.54) is 26.5 Å². The maximum atomic E-state index is 5.90. The van der Waals surface area contributed by atoms with Crippen molar-refractivity contribution in [3.05, 3.63) is 47.0 Å². The van der Waals surface area contributed by atoms with Crippen molar-refractivity contribution in [2.45, 2.75) is 57.3 Å². The molecule has 0 aromatic heterocycles. The molecule has 126 valence electrons. The molecule has 0 aliphatic rings. The van der Waals surface area contributed by atoms with Gasteiger partial charge in [-0.1, -0.05) is 39.5 Å². The third-order valence-corrected chi connectivity index (χ3v) is 4.86. The number of nitrogens with two attached hydrogens (primary N) is 1. The maximum Gasteiger partial charge on any atom is 0.122 e. The van der Waals surface area contributed by atoms with Gasteiger partial charge in [-0.15, -0.1) is 0 Å². The first kappa shape index (κ1) is 19.4. The fourth-order valence-corrected chi connectivity index (χ4v) is 3.49. The van der Waals surface area contributed by atoms with Crippen LogP contribution in [0.4, 0.5) is 5.69 Å². The first-order valence-corrected chi connectivity index (χ1v) is 8.96. The SMILES string of the molecule is CC.COc1ccc(Sc2c(C)cc(N)cc2C)cc1C(C)C. The molecule has 0 heterocycles. The number of hydrogen-bond acceptors (Lipinski definition) is 3. The highest BCUT2D eigenvalue weighted by atomic mass is 32.2. The maximum absolute atomic E-state index is 5.90. The van der Waals surface area contributed by atoms with Gasteiger partial charge in [0.2, 0.25) is 0 Å². The van der Waals surface area contributed by atoms with Crippen molar-refractivity contribution in [3.63, 3.8) is 0 Å². The summed E-state index contributed by atoms with van der Waals surface area (Å²) in [5.74, 6) is 1.40. The molecule has 23 heavy (non-hydrogen) atoms. The molecule has 2 aromatic carbocycles. The van der Waals surface area contributed by atoms with Gasteiger partial charge in [0.1, 0.15) is 5.75 Å². The van der Waals surface area contributed by atoms with Gasteiger partial charge in [-0.05, 0) is 66.8 Å². The van der Waals surface area contributed by atoms with Crippen molar-refractivity contribution < 1.29 is 4.74 Å². The van der Waals surface area contributed by atoms with E-state index in [1.807, 2.05) is 26.0 Å². The van der Waals surface area contributed by atoms with Crippen LogP contribution in [0.5, 0.6) is 5.75 Å². The van der Waals surface area contributed by atoms with Crippen LogP contribution in [0.25, 0.3) is 0 Å². The van der Waals surface area contributed by atoms with Crippen molar-refractivity contribution in [2.24, 2.45) is 0 Å². The third-order valence-electron chi connectivity index (χ3n) is 3.53. The molecule has 0 aliphatic heterocycles. The van der Waals surface area contributed by atoms with Crippen molar-refractivity contribution >= 4 is 17.4 Å². The Morgan fingerprint density at radius 1 is 1.00 bits per heavy atom. The highest BCUT2D eigenvalue weighted by Gasteiger charge is 2.11. The number of methoxy groups -OCH3 is 1. The number of anilines is 1. The molecule has 0 unspecified atom stereocenters. The quantitative estimate of drug-likeness (QED) is 0.678. The summed E-state index contributed by atoms with van der Waals surface area (Å²) in [6, 6.07) is 10.5. The molecule has 0 fully saturated rings. The van der Waals surface area contributed by atoms with Gasteiger partial charge in [-0.2, -0.15) is 0 Å². The molecule has 2 N–H and O–H groups in total. The molecule has 0 radical (unpaired) electrons. The van der Waals surface area contributed by atoms with Crippen LogP contribution < -0.4 is 10.5 Å². The lowest BCUT2D eigenvalue weighted by molar-refractivity contribution is 0.407. The Balaban J connectivity index is 0.00000127. The van der Waals surface area contributed by atoms with Gasteiger partial charge in [0.25, 0.3) is 0 Å². The fourth-order valence-electron chi connectivity index (χ4n) is 2.49. The summed E-state index contributed by atoms with van der Waals surface area (Å²) in [7, 11) is 1.72. The minimum absolute atomic E-state index is 0.439. The Morgan fingerprint density at radius 2 is 1.57 bits per heavy atom. The zero-order chi connectivity index (χ0) is 17.6. The molecular weight excluding hydrogens is 302 g/mol. The van der Waals surface area contributed by atoms with E-state index in [2.05, 4.69) is 45.9 Å². The Morgan fingerprint density at radius 3 is 2.04 bits per heavy atom. The zero-order valence-corrected chi connectivity index (χ0v) is 16.2. The highest BCUT2D eigenvalue weighted by Crippen LogP contribution is 2.37. The predicted octanol–water partition coefficient (Wildman–Crippen LogP) is 6.20. The van der Waals surface area contributed by atoms with Crippen molar-refractivity contribution in [3.8, 4) is 5.75 Å². The number of nitrogen functional groups attached to an aromatic ring is 1. The molecule has 0 saturated carbocycles. The molecule has 0 atom stereocenters. The van der Waals surface area contributed by atoms with Crippen LogP contribution in [0.1, 0.15) is 50.3 Å². The van der Waals surface area contributed by atoms with Crippen molar-refractivity contribution in [1.82, 2.24) is 0 Å². The zero-order valence-electron chi connectivity index (χ0n) is 15.4. The molecular formula is C20H29NOS. The molecule has 0 aliphatic carbocycles. The van der Waals surface area contributed by atoms with Crippen LogP contribution in [0, 0.1) is 13.8 Å². The number of rotatable bonds is 4. The number of aryl methyl sites for hydroxylation is 2. The van der Waals surface area contributed by atoms with Crippen LogP contribution in [-0.2, 0) is 0 Å². The Bertz CT molecular complexity index is 627. The lowest BCUT2D eigenvalue weighted by Gasteiger charge is -2.15. The topological polar surface area (TPSA) is 35.2 Å². The van der Waals surface area contributed by atoms with E-state index in [0.717, 1.165) is 11.4 Å². The van der Waals surface area contributed by atoms with Crippen LogP contribution in [0.3, 0.4) is 0 Å². The smallest absolute Gasteiger partial charge is 0.122 e. The van der Waals surface area contributed by atoms with Gasteiger partial charge in [0.15, 0.2) is 0 Å². The summed E-state index contributed by atoms with van der Waals surface area (Å²) < 4.78 is 5.45. The summed E-state index contributed by atoms with van der Waals surface area (Å²) >= 11 is 1.79. The second-order valence-corrected chi connectivity index (χ2v) is 6.73. The van der Waals surface area contributed by atoms with E-state index < -0.39 is 0 Å². The van der Waals surface area contributed by atoms with E-state index in [1.54, 1.807) is 18.9 Å². The summed E-state index contributed by atoms with van der Waals surface area (Å²) in [6.45, 7) is 12.6. The van der Waals surface area contributed by atoms with E-state index in [4.69, 9.17) is 10.5 Å². The first-order valence-electron chi connectivity index (χ1n) is 8.15. The molecule has 0 amide bonds. The second-order valence-electron chi connectivity index (χ2n) is 5.64. The van der Waals surface area contributed by atoms with E-state index in [0.29, 0.717) is 5.92 Å². The van der Waals surface area contributed by atoms with Gasteiger partial charge in [0, 0.05) is 15.5 Å². The minimum Gasteiger partial charge on any atom is -0.496 e. The summed E-state index contributed by atoms with van der Waals surface area (Å²) in [5.41, 5.74) is 10.4. The standard InChI is InChI=1S/C18H23NOS.C2H6/c1-11(2)16-10-15(6-7-17(16)20-5)21-18-12(3)8-14(19)9-13(18)4;1-2/h6-11H,19H2,1-5H3;1-2H3. The van der Waals surface area contributed by atoms with E-state index >= 15 is 0 Å². The third kappa shape index (κ3) is 4.93. The van der Waals surface area contributed by atoms with Gasteiger partial charge < -0.3 is 10.5 Å². The molecule has 2 nitrogen and oxygen atoms in total. The van der Waals surface area contributed by atoms with Gasteiger partial charge >= 0.3 is 0 Å². The first-order chi connectivity index (χ1) is 10.9. The van der Waals surface area contributed by atoms with Gasteiger partial charge in [0.05, 0.1) is 7.11 Å². The minimum atomic E-state index is 0.439. The van der Waals surface area contributed by atoms with Gasteiger partial charge in [-0.3, -0.25) is 0 Å². The van der Waals surface area contributed by atoms with E-state index in [9.17, 15) is 0 Å².